The van der Waals surface area contributed by atoms with Crippen molar-refractivity contribution in [2.75, 3.05) is 27.2 Å². The highest BCUT2D eigenvalue weighted by atomic mass is 35.5. The van der Waals surface area contributed by atoms with Crippen molar-refractivity contribution >= 4 is 11.6 Å². The molecule has 0 aliphatic carbocycles. The SMILES string of the molecule is CCN(CC)C(C)(C)C(NC)c1cc(Cl)ccc1OC. The van der Waals surface area contributed by atoms with Crippen LogP contribution >= 0.6 is 11.6 Å². The van der Waals surface area contributed by atoms with Gasteiger partial charge in [-0.25, -0.2) is 0 Å². The number of nitrogens with zero attached hydrogens (tertiary/aromatic N) is 1. The Morgan fingerprint density at radius 3 is 2.35 bits per heavy atom. The van der Waals surface area contributed by atoms with E-state index in [1.165, 1.54) is 0 Å². The van der Waals surface area contributed by atoms with Gasteiger partial charge in [0.25, 0.3) is 0 Å². The lowest BCUT2D eigenvalue weighted by molar-refractivity contribution is 0.0933. The predicted octanol–water partition coefficient (Wildman–Crippen LogP) is 3.73. The maximum atomic E-state index is 6.18. The Hall–Kier alpha value is -0.770. The molecule has 0 saturated carbocycles. The second kappa shape index (κ2) is 7.30. The fourth-order valence-electron chi connectivity index (χ4n) is 3.04. The average Bonchev–Trinajstić information content (AvgIpc) is 2.40. The van der Waals surface area contributed by atoms with Crippen molar-refractivity contribution in [2.45, 2.75) is 39.3 Å². The molecule has 1 rings (SSSR count). The second-order valence-corrected chi connectivity index (χ2v) is 5.87. The van der Waals surface area contributed by atoms with Gasteiger partial charge in [-0.1, -0.05) is 25.4 Å². The zero-order valence-corrected chi connectivity index (χ0v) is 14.2. The van der Waals surface area contributed by atoms with Gasteiger partial charge < -0.3 is 10.1 Å². The molecule has 20 heavy (non-hydrogen) atoms. The Kier molecular flexibility index (Phi) is 6.31. The molecule has 1 atom stereocenters. The Labute approximate surface area is 128 Å². The molecule has 0 amide bonds. The van der Waals surface area contributed by atoms with E-state index in [0.717, 1.165) is 29.4 Å². The van der Waals surface area contributed by atoms with E-state index in [0.29, 0.717) is 0 Å². The molecule has 4 heteroatoms. The van der Waals surface area contributed by atoms with Crippen LogP contribution in [-0.4, -0.2) is 37.7 Å². The molecule has 0 heterocycles. The Bertz CT molecular complexity index is 430. The number of hydrogen-bond donors (Lipinski definition) is 1. The number of rotatable bonds is 7. The maximum Gasteiger partial charge on any atom is 0.123 e. The van der Waals surface area contributed by atoms with Crippen molar-refractivity contribution < 1.29 is 4.74 Å². The summed E-state index contributed by atoms with van der Waals surface area (Å²) in [5.74, 6) is 0.869. The summed E-state index contributed by atoms with van der Waals surface area (Å²) in [6.07, 6.45) is 0. The monoisotopic (exact) mass is 298 g/mol. The van der Waals surface area contributed by atoms with Gasteiger partial charge in [-0.15, -0.1) is 0 Å². The first-order valence-corrected chi connectivity index (χ1v) is 7.55. The minimum Gasteiger partial charge on any atom is -0.496 e. The first kappa shape index (κ1) is 17.3. The number of halogens is 1. The van der Waals surface area contributed by atoms with Crippen molar-refractivity contribution in [2.24, 2.45) is 0 Å². The highest BCUT2D eigenvalue weighted by Crippen LogP contribution is 2.37. The van der Waals surface area contributed by atoms with Gasteiger partial charge in [0, 0.05) is 16.1 Å². The third-order valence-electron chi connectivity index (χ3n) is 4.08. The van der Waals surface area contributed by atoms with E-state index < -0.39 is 0 Å². The summed E-state index contributed by atoms with van der Waals surface area (Å²) in [5.41, 5.74) is 1.05. The third kappa shape index (κ3) is 3.46. The summed E-state index contributed by atoms with van der Waals surface area (Å²) < 4.78 is 5.51. The van der Waals surface area contributed by atoms with Crippen LogP contribution in [0.2, 0.25) is 5.02 Å². The molecule has 0 aromatic heterocycles. The van der Waals surface area contributed by atoms with Gasteiger partial charge in [0.05, 0.1) is 13.2 Å². The topological polar surface area (TPSA) is 24.5 Å². The van der Waals surface area contributed by atoms with E-state index >= 15 is 0 Å². The van der Waals surface area contributed by atoms with Crippen LogP contribution in [0.25, 0.3) is 0 Å². The van der Waals surface area contributed by atoms with Gasteiger partial charge >= 0.3 is 0 Å². The average molecular weight is 299 g/mol. The minimum atomic E-state index is -0.0454. The van der Waals surface area contributed by atoms with Crippen molar-refractivity contribution in [3.63, 3.8) is 0 Å². The maximum absolute atomic E-state index is 6.18. The summed E-state index contributed by atoms with van der Waals surface area (Å²) in [7, 11) is 3.68. The van der Waals surface area contributed by atoms with E-state index in [4.69, 9.17) is 16.3 Å². The van der Waals surface area contributed by atoms with Crippen LogP contribution in [0.5, 0.6) is 5.75 Å². The number of ether oxygens (including phenoxy) is 1. The van der Waals surface area contributed by atoms with Crippen molar-refractivity contribution in [1.29, 1.82) is 0 Å². The standard InChI is InChI=1S/C16H27ClN2O/c1-7-19(8-2)16(3,4)15(18-5)13-11-12(17)9-10-14(13)20-6/h9-11,15,18H,7-8H2,1-6H3. The van der Waals surface area contributed by atoms with E-state index in [-0.39, 0.29) is 11.6 Å². The molecule has 0 saturated heterocycles. The first-order chi connectivity index (χ1) is 9.42. The predicted molar refractivity (Wildman–Crippen MR) is 86.8 cm³/mol. The summed E-state index contributed by atoms with van der Waals surface area (Å²) in [5, 5.41) is 4.16. The van der Waals surface area contributed by atoms with E-state index in [1.807, 2.05) is 25.2 Å². The molecule has 0 aliphatic heterocycles. The van der Waals surface area contributed by atoms with E-state index in [1.54, 1.807) is 7.11 Å². The molecule has 3 nitrogen and oxygen atoms in total. The lowest BCUT2D eigenvalue weighted by Gasteiger charge is -2.44. The van der Waals surface area contributed by atoms with Gasteiger partial charge in [0.1, 0.15) is 5.75 Å². The number of nitrogens with one attached hydrogen (secondary N) is 1. The molecular weight excluding hydrogens is 272 g/mol. The number of likely N-dealkylation sites (N-methyl/N-ethyl adjacent to an activating group) is 2. The Balaban J connectivity index is 3.28. The Morgan fingerprint density at radius 1 is 1.30 bits per heavy atom. The summed E-state index contributed by atoms with van der Waals surface area (Å²) in [4.78, 5) is 2.44. The fraction of sp³-hybridized carbons (Fsp3) is 0.625. The van der Waals surface area contributed by atoms with Crippen LogP contribution in [0.1, 0.15) is 39.3 Å². The molecule has 0 aliphatic rings. The number of hydrogen-bond acceptors (Lipinski definition) is 3. The fourth-order valence-corrected chi connectivity index (χ4v) is 3.22. The van der Waals surface area contributed by atoms with Gasteiger partial charge in [-0.2, -0.15) is 0 Å². The van der Waals surface area contributed by atoms with E-state index in [2.05, 4.69) is 37.9 Å². The molecule has 114 valence electrons. The zero-order chi connectivity index (χ0) is 15.3. The highest BCUT2D eigenvalue weighted by molar-refractivity contribution is 6.30. The normalized spacial score (nSPS) is 13.6. The van der Waals surface area contributed by atoms with Crippen molar-refractivity contribution in [3.8, 4) is 5.75 Å². The van der Waals surface area contributed by atoms with Crippen LogP contribution in [0.3, 0.4) is 0 Å². The van der Waals surface area contributed by atoms with Crippen LogP contribution in [-0.2, 0) is 0 Å². The number of benzene rings is 1. The number of methoxy groups -OCH3 is 1. The summed E-state index contributed by atoms with van der Waals surface area (Å²) >= 11 is 6.18. The lowest BCUT2D eigenvalue weighted by Crippen LogP contribution is -2.52. The van der Waals surface area contributed by atoms with Gasteiger partial charge in [0.2, 0.25) is 0 Å². The quantitative estimate of drug-likeness (QED) is 0.830. The summed E-state index contributed by atoms with van der Waals surface area (Å²) in [6, 6.07) is 5.92. The molecule has 0 fully saturated rings. The van der Waals surface area contributed by atoms with Gasteiger partial charge in [-0.05, 0) is 52.2 Å². The van der Waals surface area contributed by atoms with Crippen LogP contribution in [0, 0.1) is 0 Å². The molecule has 0 bridgehead atoms. The van der Waals surface area contributed by atoms with Gasteiger partial charge in [-0.3, -0.25) is 4.90 Å². The summed E-state index contributed by atoms with van der Waals surface area (Å²) in [6.45, 7) is 10.9. The molecule has 0 radical (unpaired) electrons. The lowest BCUT2D eigenvalue weighted by atomic mass is 9.86. The van der Waals surface area contributed by atoms with E-state index in [9.17, 15) is 0 Å². The third-order valence-corrected chi connectivity index (χ3v) is 4.31. The van der Waals surface area contributed by atoms with Crippen LogP contribution in [0.15, 0.2) is 18.2 Å². The first-order valence-electron chi connectivity index (χ1n) is 7.18. The van der Waals surface area contributed by atoms with Gasteiger partial charge in [0.15, 0.2) is 0 Å². The molecule has 1 aromatic rings. The van der Waals surface area contributed by atoms with Crippen molar-refractivity contribution in [1.82, 2.24) is 10.2 Å². The molecule has 1 aromatic carbocycles. The molecule has 0 spiro atoms. The second-order valence-electron chi connectivity index (χ2n) is 5.43. The highest BCUT2D eigenvalue weighted by Gasteiger charge is 2.35. The minimum absolute atomic E-state index is 0.0454. The zero-order valence-electron chi connectivity index (χ0n) is 13.5. The molecular formula is C16H27ClN2O. The van der Waals surface area contributed by atoms with Crippen LogP contribution < -0.4 is 10.1 Å². The Morgan fingerprint density at radius 2 is 1.90 bits per heavy atom. The van der Waals surface area contributed by atoms with Crippen LogP contribution in [0.4, 0.5) is 0 Å². The molecule has 1 unspecified atom stereocenters. The smallest absolute Gasteiger partial charge is 0.123 e. The molecule has 1 N–H and O–H groups in total. The van der Waals surface area contributed by atoms with Crippen molar-refractivity contribution in [3.05, 3.63) is 28.8 Å². The largest absolute Gasteiger partial charge is 0.496 e.